The first-order valence-electron chi connectivity index (χ1n) is 7.23. The van der Waals surface area contributed by atoms with E-state index in [2.05, 4.69) is 19.2 Å². The molecule has 1 heterocycles. The molecule has 0 radical (unpaired) electrons. The van der Waals surface area contributed by atoms with Gasteiger partial charge < -0.3 is 15.3 Å². The Hall–Kier alpha value is -1.26. The third kappa shape index (κ3) is 4.11. The third-order valence-corrected chi connectivity index (χ3v) is 4.05. The lowest BCUT2D eigenvalue weighted by Crippen LogP contribution is -2.51. The normalized spacial score (nSPS) is 28.8. The Morgan fingerprint density at radius 3 is 2.32 bits per heavy atom. The maximum atomic E-state index is 12.2. The van der Waals surface area contributed by atoms with Crippen molar-refractivity contribution in [2.24, 2.45) is 17.8 Å². The Morgan fingerprint density at radius 1 is 1.26 bits per heavy atom. The number of carbonyl (C=O) groups excluding carboxylic acids is 1. The van der Waals surface area contributed by atoms with Crippen LogP contribution in [0, 0.1) is 17.8 Å². The van der Waals surface area contributed by atoms with Crippen LogP contribution in [0.5, 0.6) is 0 Å². The summed E-state index contributed by atoms with van der Waals surface area (Å²) < 4.78 is 0. The maximum absolute atomic E-state index is 12.2. The van der Waals surface area contributed by atoms with E-state index in [-0.39, 0.29) is 18.5 Å². The minimum Gasteiger partial charge on any atom is -0.481 e. The standard InChI is InChI=1S/C14H24N2O3/c1-9-5-10(2)8-16(7-9)14(19)15-12(6-13(17)18)11-3-4-11/h9-12H,3-8H2,1-2H3,(H,15,19)(H,17,18). The van der Waals surface area contributed by atoms with Gasteiger partial charge in [0.2, 0.25) is 0 Å². The highest BCUT2D eigenvalue weighted by Gasteiger charge is 2.35. The average Bonchev–Trinajstić information content (AvgIpc) is 3.09. The van der Waals surface area contributed by atoms with Gasteiger partial charge in [0.05, 0.1) is 6.42 Å². The van der Waals surface area contributed by atoms with Crippen molar-refractivity contribution in [1.82, 2.24) is 10.2 Å². The van der Waals surface area contributed by atoms with Crippen molar-refractivity contribution in [3.8, 4) is 0 Å². The number of nitrogens with one attached hydrogen (secondary N) is 1. The van der Waals surface area contributed by atoms with Crippen LogP contribution in [0.1, 0.15) is 39.5 Å². The summed E-state index contributed by atoms with van der Waals surface area (Å²) in [4.78, 5) is 24.9. The van der Waals surface area contributed by atoms with Crippen LogP contribution in [0.15, 0.2) is 0 Å². The maximum Gasteiger partial charge on any atom is 0.317 e. The molecule has 0 spiro atoms. The zero-order valence-corrected chi connectivity index (χ0v) is 11.8. The average molecular weight is 268 g/mol. The van der Waals surface area contributed by atoms with E-state index in [1.807, 2.05) is 4.90 Å². The summed E-state index contributed by atoms with van der Waals surface area (Å²) in [6.45, 7) is 5.87. The quantitative estimate of drug-likeness (QED) is 0.818. The molecule has 1 aliphatic carbocycles. The molecule has 2 rings (SSSR count). The molecule has 2 N–H and O–H groups in total. The lowest BCUT2D eigenvalue weighted by atomic mass is 9.92. The Morgan fingerprint density at radius 2 is 1.84 bits per heavy atom. The lowest BCUT2D eigenvalue weighted by Gasteiger charge is -2.35. The molecule has 0 aromatic carbocycles. The van der Waals surface area contributed by atoms with Gasteiger partial charge in [-0.25, -0.2) is 4.79 Å². The highest BCUT2D eigenvalue weighted by Crippen LogP contribution is 2.34. The summed E-state index contributed by atoms with van der Waals surface area (Å²) >= 11 is 0. The summed E-state index contributed by atoms with van der Waals surface area (Å²) in [6.07, 6.45) is 3.26. The molecule has 0 bridgehead atoms. The van der Waals surface area contributed by atoms with Crippen molar-refractivity contribution in [2.75, 3.05) is 13.1 Å². The molecule has 1 aliphatic heterocycles. The van der Waals surface area contributed by atoms with Crippen LogP contribution in [0.25, 0.3) is 0 Å². The van der Waals surface area contributed by atoms with Crippen LogP contribution < -0.4 is 5.32 Å². The molecule has 108 valence electrons. The number of carbonyl (C=O) groups is 2. The summed E-state index contributed by atoms with van der Waals surface area (Å²) in [5, 5.41) is 11.8. The molecule has 5 heteroatoms. The molecule has 2 fully saturated rings. The molecule has 1 saturated heterocycles. The van der Waals surface area contributed by atoms with Crippen molar-refractivity contribution in [1.29, 1.82) is 0 Å². The molecule has 2 amide bonds. The summed E-state index contributed by atoms with van der Waals surface area (Å²) in [7, 11) is 0. The van der Waals surface area contributed by atoms with Gasteiger partial charge in [-0.15, -0.1) is 0 Å². The first-order valence-corrected chi connectivity index (χ1v) is 7.23. The highest BCUT2D eigenvalue weighted by molar-refractivity contribution is 5.76. The Labute approximate surface area is 114 Å². The van der Waals surface area contributed by atoms with Crippen LogP contribution in [-0.2, 0) is 4.79 Å². The number of piperidine rings is 1. The lowest BCUT2D eigenvalue weighted by molar-refractivity contribution is -0.137. The fourth-order valence-corrected chi connectivity index (χ4v) is 3.10. The van der Waals surface area contributed by atoms with E-state index in [9.17, 15) is 9.59 Å². The first kappa shape index (κ1) is 14.2. The molecule has 3 atom stereocenters. The van der Waals surface area contributed by atoms with Crippen molar-refractivity contribution < 1.29 is 14.7 Å². The van der Waals surface area contributed by atoms with E-state index in [1.165, 1.54) is 0 Å². The number of rotatable bonds is 4. The molecular formula is C14H24N2O3. The number of hydrogen-bond donors (Lipinski definition) is 2. The summed E-state index contributed by atoms with van der Waals surface area (Å²) in [6, 6.07) is -0.283. The zero-order valence-electron chi connectivity index (χ0n) is 11.8. The van der Waals surface area contributed by atoms with Crippen molar-refractivity contribution in [3.63, 3.8) is 0 Å². The first-order chi connectivity index (χ1) is 8.95. The number of carboxylic acids is 1. The molecule has 19 heavy (non-hydrogen) atoms. The fourth-order valence-electron chi connectivity index (χ4n) is 3.10. The zero-order chi connectivity index (χ0) is 14.0. The summed E-state index contributed by atoms with van der Waals surface area (Å²) in [5.74, 6) is 0.568. The second-order valence-electron chi connectivity index (χ2n) is 6.34. The monoisotopic (exact) mass is 268 g/mol. The van der Waals surface area contributed by atoms with E-state index >= 15 is 0 Å². The number of carboxylic acid groups (broad SMARTS) is 1. The van der Waals surface area contributed by atoms with Crippen molar-refractivity contribution in [3.05, 3.63) is 0 Å². The second kappa shape index (κ2) is 5.80. The van der Waals surface area contributed by atoms with Crippen molar-refractivity contribution >= 4 is 12.0 Å². The number of urea groups is 1. The molecule has 2 aliphatic rings. The van der Waals surface area contributed by atoms with Gasteiger partial charge in [-0.3, -0.25) is 4.79 Å². The SMILES string of the molecule is CC1CC(C)CN(C(=O)NC(CC(=O)O)C2CC2)C1. The van der Waals surface area contributed by atoms with Crippen LogP contribution in [0.4, 0.5) is 4.79 Å². The van der Waals surface area contributed by atoms with Gasteiger partial charge in [-0.05, 0) is 37.0 Å². The van der Waals surface area contributed by atoms with E-state index < -0.39 is 5.97 Å². The van der Waals surface area contributed by atoms with Gasteiger partial charge in [0.15, 0.2) is 0 Å². The van der Waals surface area contributed by atoms with Gasteiger partial charge in [0, 0.05) is 19.1 Å². The third-order valence-electron chi connectivity index (χ3n) is 4.05. The van der Waals surface area contributed by atoms with Crippen molar-refractivity contribution in [2.45, 2.75) is 45.6 Å². The van der Waals surface area contributed by atoms with Crippen LogP contribution in [0.2, 0.25) is 0 Å². The molecular weight excluding hydrogens is 244 g/mol. The molecule has 0 aromatic rings. The smallest absolute Gasteiger partial charge is 0.317 e. The summed E-state index contributed by atoms with van der Waals surface area (Å²) in [5.41, 5.74) is 0. The largest absolute Gasteiger partial charge is 0.481 e. The molecule has 1 saturated carbocycles. The predicted molar refractivity (Wildman–Crippen MR) is 71.8 cm³/mol. The van der Waals surface area contributed by atoms with Crippen LogP contribution in [-0.4, -0.2) is 41.1 Å². The minimum absolute atomic E-state index is 0.0371. The minimum atomic E-state index is -0.836. The van der Waals surface area contributed by atoms with Gasteiger partial charge in [-0.1, -0.05) is 13.8 Å². The van der Waals surface area contributed by atoms with Gasteiger partial charge in [-0.2, -0.15) is 0 Å². The Balaban J connectivity index is 1.89. The van der Waals surface area contributed by atoms with Gasteiger partial charge >= 0.3 is 12.0 Å². The number of amides is 2. The topological polar surface area (TPSA) is 69.6 Å². The van der Waals surface area contributed by atoms with E-state index in [4.69, 9.17) is 5.11 Å². The van der Waals surface area contributed by atoms with E-state index in [0.717, 1.165) is 32.4 Å². The number of aliphatic carboxylic acids is 1. The predicted octanol–water partition coefficient (Wildman–Crippen LogP) is 1.93. The number of likely N-dealkylation sites (tertiary alicyclic amines) is 1. The molecule has 0 aromatic heterocycles. The van der Waals surface area contributed by atoms with Crippen LogP contribution >= 0.6 is 0 Å². The van der Waals surface area contributed by atoms with Gasteiger partial charge in [0.25, 0.3) is 0 Å². The Kier molecular flexibility index (Phi) is 4.32. The molecule has 5 nitrogen and oxygen atoms in total. The van der Waals surface area contributed by atoms with E-state index in [1.54, 1.807) is 0 Å². The Bertz CT molecular complexity index is 345. The highest BCUT2D eigenvalue weighted by atomic mass is 16.4. The van der Waals surface area contributed by atoms with E-state index in [0.29, 0.717) is 17.8 Å². The molecule has 3 unspecified atom stereocenters. The number of nitrogens with zero attached hydrogens (tertiary/aromatic N) is 1. The number of hydrogen-bond acceptors (Lipinski definition) is 2. The van der Waals surface area contributed by atoms with Crippen LogP contribution in [0.3, 0.4) is 0 Å². The second-order valence-corrected chi connectivity index (χ2v) is 6.34. The fraction of sp³-hybridized carbons (Fsp3) is 0.857. The van der Waals surface area contributed by atoms with Gasteiger partial charge in [0.1, 0.15) is 0 Å².